The van der Waals surface area contributed by atoms with Crippen LogP contribution in [0.1, 0.15) is 22.8 Å². The normalized spacial score (nSPS) is 10.6. The van der Waals surface area contributed by atoms with Crippen LogP contribution in [-0.2, 0) is 11.3 Å². The van der Waals surface area contributed by atoms with Crippen molar-refractivity contribution in [1.29, 1.82) is 0 Å². The van der Waals surface area contributed by atoms with Crippen molar-refractivity contribution in [2.24, 2.45) is 5.73 Å². The molecule has 1 rings (SSSR count). The molecule has 0 unspecified atom stereocenters. The number of carbonyl (C=O) groups excluding carboxylic acids is 2. The summed E-state index contributed by atoms with van der Waals surface area (Å²) in [6.07, 6.45) is 3.09. The third-order valence-electron chi connectivity index (χ3n) is 2.64. The summed E-state index contributed by atoms with van der Waals surface area (Å²) in [5, 5.41) is 5.35. The molecule has 4 N–H and O–H groups in total. The minimum atomic E-state index is -0.291. The Balaban J connectivity index is 2.75. The molecule has 5 nitrogen and oxygen atoms in total. The van der Waals surface area contributed by atoms with Crippen LogP contribution in [0.5, 0.6) is 0 Å². The fraction of sp³-hybridized carbons (Fsp3) is 0.125. The van der Waals surface area contributed by atoms with Gasteiger partial charge in [-0.15, -0.1) is 0 Å². The van der Waals surface area contributed by atoms with E-state index in [0.29, 0.717) is 17.8 Å². The quantitative estimate of drug-likeness (QED) is 0.694. The van der Waals surface area contributed by atoms with Crippen molar-refractivity contribution in [2.45, 2.75) is 13.5 Å². The number of allylic oxidation sites excluding steroid dienone is 2. The van der Waals surface area contributed by atoms with Gasteiger partial charge in [-0.1, -0.05) is 31.4 Å². The number of hydrogen-bond donors (Lipinski definition) is 3. The Labute approximate surface area is 124 Å². The van der Waals surface area contributed by atoms with Crippen LogP contribution in [0.4, 0.5) is 0 Å². The van der Waals surface area contributed by atoms with Crippen LogP contribution in [-0.4, -0.2) is 11.8 Å². The molecule has 0 atom stereocenters. The number of amides is 2. The van der Waals surface area contributed by atoms with E-state index in [1.54, 1.807) is 30.3 Å². The van der Waals surface area contributed by atoms with Crippen LogP contribution in [0.15, 0.2) is 61.0 Å². The third-order valence-corrected chi connectivity index (χ3v) is 2.64. The fourth-order valence-electron chi connectivity index (χ4n) is 1.54. The molecule has 1 aromatic rings. The summed E-state index contributed by atoms with van der Waals surface area (Å²) in [5.41, 5.74) is 7.64. The maximum atomic E-state index is 12.1. The summed E-state index contributed by atoms with van der Waals surface area (Å²) in [6, 6.07) is 6.91. The van der Waals surface area contributed by atoms with Gasteiger partial charge in [0.25, 0.3) is 5.91 Å². The minimum Gasteiger partial charge on any atom is -0.398 e. The first-order valence-corrected chi connectivity index (χ1v) is 6.36. The van der Waals surface area contributed by atoms with E-state index in [1.165, 1.54) is 13.0 Å². The molecule has 0 aliphatic heterocycles. The largest absolute Gasteiger partial charge is 0.398 e. The molecule has 0 aliphatic carbocycles. The molecule has 1 aromatic carbocycles. The predicted molar refractivity (Wildman–Crippen MR) is 83.0 cm³/mol. The Hall–Kier alpha value is -2.82. The van der Waals surface area contributed by atoms with E-state index >= 15 is 0 Å². The van der Waals surface area contributed by atoms with Gasteiger partial charge in [-0.05, 0) is 23.8 Å². The van der Waals surface area contributed by atoms with E-state index in [0.717, 1.165) is 5.56 Å². The lowest BCUT2D eigenvalue weighted by molar-refractivity contribution is -0.119. The number of hydrogen-bond acceptors (Lipinski definition) is 3. The number of nitrogens with one attached hydrogen (secondary N) is 2. The number of carbonyl (C=O) groups is 2. The molecular formula is C16H19N3O2. The Morgan fingerprint density at radius 1 is 1.29 bits per heavy atom. The highest BCUT2D eigenvalue weighted by Crippen LogP contribution is 2.06. The smallest absolute Gasteiger partial charge is 0.255 e. The second kappa shape index (κ2) is 7.69. The van der Waals surface area contributed by atoms with Crippen molar-refractivity contribution < 1.29 is 9.59 Å². The number of rotatable bonds is 6. The van der Waals surface area contributed by atoms with Crippen LogP contribution in [0.2, 0.25) is 0 Å². The molecule has 2 amide bonds. The maximum Gasteiger partial charge on any atom is 0.255 e. The zero-order valence-electron chi connectivity index (χ0n) is 12.0. The summed E-state index contributed by atoms with van der Waals surface area (Å²) >= 11 is 0. The second-order valence-electron chi connectivity index (χ2n) is 4.40. The Morgan fingerprint density at radius 2 is 1.90 bits per heavy atom. The molecule has 0 radical (unpaired) electrons. The Kier molecular flexibility index (Phi) is 5.95. The van der Waals surface area contributed by atoms with Crippen molar-refractivity contribution in [3.8, 4) is 0 Å². The van der Waals surface area contributed by atoms with Gasteiger partial charge in [-0.3, -0.25) is 9.59 Å². The Morgan fingerprint density at radius 3 is 2.38 bits per heavy atom. The molecular weight excluding hydrogens is 266 g/mol. The van der Waals surface area contributed by atoms with Crippen molar-refractivity contribution in [3.05, 3.63) is 72.1 Å². The average molecular weight is 285 g/mol. The van der Waals surface area contributed by atoms with Gasteiger partial charge in [-0.25, -0.2) is 0 Å². The molecule has 0 spiro atoms. The summed E-state index contributed by atoms with van der Waals surface area (Å²) < 4.78 is 0. The van der Waals surface area contributed by atoms with E-state index in [2.05, 4.69) is 23.8 Å². The molecule has 110 valence electrons. The minimum absolute atomic E-state index is 0.0996. The van der Waals surface area contributed by atoms with Crippen LogP contribution in [0.25, 0.3) is 0 Å². The van der Waals surface area contributed by atoms with Crippen molar-refractivity contribution >= 4 is 11.8 Å². The SMILES string of the molecule is C=C/C=C(/NC(=O)c1ccc(CNC(C)=O)cc1)C(=C)N. The van der Waals surface area contributed by atoms with Gasteiger partial charge in [0.15, 0.2) is 0 Å². The monoisotopic (exact) mass is 285 g/mol. The first-order valence-electron chi connectivity index (χ1n) is 6.36. The topological polar surface area (TPSA) is 84.2 Å². The molecule has 0 bridgehead atoms. The van der Waals surface area contributed by atoms with Crippen molar-refractivity contribution in [1.82, 2.24) is 10.6 Å². The van der Waals surface area contributed by atoms with Gasteiger partial charge in [0.1, 0.15) is 0 Å². The molecule has 0 aliphatic rings. The van der Waals surface area contributed by atoms with Crippen LogP contribution < -0.4 is 16.4 Å². The highest BCUT2D eigenvalue weighted by Gasteiger charge is 2.08. The van der Waals surface area contributed by atoms with Crippen LogP contribution in [0, 0.1) is 0 Å². The van der Waals surface area contributed by atoms with Gasteiger partial charge in [0.05, 0.1) is 5.70 Å². The predicted octanol–water partition coefficient (Wildman–Crippen LogP) is 1.59. The number of nitrogens with two attached hydrogens (primary N) is 1. The van der Waals surface area contributed by atoms with Gasteiger partial charge in [0, 0.05) is 24.7 Å². The van der Waals surface area contributed by atoms with Gasteiger partial charge < -0.3 is 16.4 Å². The van der Waals surface area contributed by atoms with E-state index in [4.69, 9.17) is 5.73 Å². The van der Waals surface area contributed by atoms with Crippen LogP contribution >= 0.6 is 0 Å². The summed E-state index contributed by atoms with van der Waals surface area (Å²) in [4.78, 5) is 22.9. The first kappa shape index (κ1) is 16.2. The molecule has 0 fully saturated rings. The zero-order valence-corrected chi connectivity index (χ0v) is 12.0. The summed E-state index contributed by atoms with van der Waals surface area (Å²) in [5.74, 6) is -0.391. The van der Waals surface area contributed by atoms with E-state index in [-0.39, 0.29) is 17.5 Å². The lowest BCUT2D eigenvalue weighted by Gasteiger charge is -2.09. The molecule has 5 heteroatoms. The lowest BCUT2D eigenvalue weighted by atomic mass is 10.1. The molecule has 0 heterocycles. The van der Waals surface area contributed by atoms with E-state index in [9.17, 15) is 9.59 Å². The van der Waals surface area contributed by atoms with Gasteiger partial charge >= 0.3 is 0 Å². The summed E-state index contributed by atoms with van der Waals surface area (Å²) in [6.45, 7) is 9.02. The maximum absolute atomic E-state index is 12.1. The molecule has 0 saturated carbocycles. The van der Waals surface area contributed by atoms with Gasteiger partial charge in [0.2, 0.25) is 5.91 Å². The standard InChI is InChI=1S/C16H19N3O2/c1-4-5-15(11(2)17)19-16(21)14-8-6-13(7-9-14)10-18-12(3)20/h4-9H,1-2,10,17H2,3H3,(H,18,20)(H,19,21)/b15-5+. The molecule has 21 heavy (non-hydrogen) atoms. The van der Waals surface area contributed by atoms with Crippen molar-refractivity contribution in [3.63, 3.8) is 0 Å². The highest BCUT2D eigenvalue weighted by atomic mass is 16.2. The Bertz CT molecular complexity index is 586. The first-order chi connectivity index (χ1) is 9.93. The average Bonchev–Trinajstić information content (AvgIpc) is 2.45. The number of benzene rings is 1. The summed E-state index contributed by atoms with van der Waals surface area (Å²) in [7, 11) is 0. The highest BCUT2D eigenvalue weighted by molar-refractivity contribution is 5.95. The molecule has 0 aromatic heterocycles. The lowest BCUT2D eigenvalue weighted by Crippen LogP contribution is -2.25. The van der Waals surface area contributed by atoms with Gasteiger partial charge in [-0.2, -0.15) is 0 Å². The molecule has 0 saturated heterocycles. The van der Waals surface area contributed by atoms with E-state index < -0.39 is 0 Å². The zero-order chi connectivity index (χ0) is 15.8. The van der Waals surface area contributed by atoms with Crippen molar-refractivity contribution in [2.75, 3.05) is 0 Å². The third kappa shape index (κ3) is 5.36. The fourth-order valence-corrected chi connectivity index (χ4v) is 1.54. The second-order valence-corrected chi connectivity index (χ2v) is 4.40. The van der Waals surface area contributed by atoms with E-state index in [1.807, 2.05) is 0 Å². The van der Waals surface area contributed by atoms with Crippen LogP contribution in [0.3, 0.4) is 0 Å².